The number of hydrogen-bond donors (Lipinski definition) is 1. The van der Waals surface area contributed by atoms with Crippen LogP contribution in [0.2, 0.25) is 0 Å². The monoisotopic (exact) mass is 245 g/mol. The molecule has 0 atom stereocenters. The van der Waals surface area contributed by atoms with E-state index in [9.17, 15) is 4.39 Å². The minimum atomic E-state index is -0.190. The summed E-state index contributed by atoms with van der Waals surface area (Å²) in [5.74, 6) is 1.97. The van der Waals surface area contributed by atoms with Gasteiger partial charge in [0, 0.05) is 11.5 Å². The van der Waals surface area contributed by atoms with Gasteiger partial charge in [-0.05, 0) is 43.5 Å². The molecule has 0 spiro atoms. The highest BCUT2D eigenvalue weighted by atomic mass is 19.1. The summed E-state index contributed by atoms with van der Waals surface area (Å²) in [6.07, 6.45) is 4.93. The normalized spacial score (nSPS) is 16.3. The number of aryl methyl sites for hydroxylation is 1. The highest BCUT2D eigenvalue weighted by molar-refractivity contribution is 5.55. The second-order valence-corrected chi connectivity index (χ2v) is 4.99. The van der Waals surface area contributed by atoms with Gasteiger partial charge in [-0.2, -0.15) is 5.10 Å². The number of hydrogen-bond acceptors (Lipinski definition) is 2. The first-order chi connectivity index (χ1) is 8.74. The van der Waals surface area contributed by atoms with Crippen LogP contribution in [0.5, 0.6) is 0 Å². The number of benzene rings is 1. The van der Waals surface area contributed by atoms with Gasteiger partial charge in [-0.3, -0.25) is 5.10 Å². The average Bonchev–Trinajstić information content (AvgIpc) is 3.01. The Bertz CT molecular complexity index is 556. The maximum absolute atomic E-state index is 13.2. The summed E-state index contributed by atoms with van der Waals surface area (Å²) >= 11 is 0. The predicted molar refractivity (Wildman–Crippen MR) is 67.7 cm³/mol. The topological polar surface area (TPSA) is 41.6 Å². The molecule has 0 amide bonds. The van der Waals surface area contributed by atoms with E-state index in [0.29, 0.717) is 17.3 Å². The third kappa shape index (κ3) is 2.03. The standard InChI is InChI=1S/C14H16FN3/c1-9-8-11(6-7-12(9)15)14-16-13(17-18-14)10-4-2-3-5-10/h6-8,10H,2-5H2,1H3,(H,16,17,18). The van der Waals surface area contributed by atoms with Crippen molar-refractivity contribution >= 4 is 0 Å². The van der Waals surface area contributed by atoms with Gasteiger partial charge >= 0.3 is 0 Å². The third-order valence-electron chi connectivity index (χ3n) is 3.66. The number of nitrogens with zero attached hydrogens (tertiary/aromatic N) is 2. The van der Waals surface area contributed by atoms with Gasteiger partial charge in [0.25, 0.3) is 0 Å². The zero-order valence-electron chi connectivity index (χ0n) is 10.4. The van der Waals surface area contributed by atoms with E-state index in [2.05, 4.69) is 15.2 Å². The number of nitrogens with one attached hydrogen (secondary N) is 1. The maximum Gasteiger partial charge on any atom is 0.181 e. The second kappa shape index (κ2) is 4.52. The van der Waals surface area contributed by atoms with Crippen LogP contribution in [0.3, 0.4) is 0 Å². The Hall–Kier alpha value is -1.71. The van der Waals surface area contributed by atoms with Crippen LogP contribution < -0.4 is 0 Å². The molecule has 0 bridgehead atoms. The van der Waals surface area contributed by atoms with Crippen molar-refractivity contribution in [1.29, 1.82) is 0 Å². The Morgan fingerprint density at radius 3 is 2.78 bits per heavy atom. The first-order valence-corrected chi connectivity index (χ1v) is 6.43. The number of aromatic amines is 1. The van der Waals surface area contributed by atoms with Crippen LogP contribution in [0.15, 0.2) is 18.2 Å². The fraction of sp³-hybridized carbons (Fsp3) is 0.429. The Morgan fingerprint density at radius 2 is 2.06 bits per heavy atom. The van der Waals surface area contributed by atoms with Gasteiger partial charge in [-0.25, -0.2) is 9.37 Å². The number of halogens is 1. The first kappa shape index (κ1) is 11.4. The number of rotatable bonds is 2. The molecule has 0 unspecified atom stereocenters. The summed E-state index contributed by atoms with van der Waals surface area (Å²) in [4.78, 5) is 4.54. The Balaban J connectivity index is 1.89. The van der Waals surface area contributed by atoms with Crippen LogP contribution in [0.1, 0.15) is 43.0 Å². The quantitative estimate of drug-likeness (QED) is 0.878. The molecule has 0 saturated heterocycles. The molecule has 1 aromatic heterocycles. The first-order valence-electron chi connectivity index (χ1n) is 6.43. The Labute approximate surface area is 105 Å². The van der Waals surface area contributed by atoms with E-state index >= 15 is 0 Å². The third-order valence-corrected chi connectivity index (χ3v) is 3.66. The van der Waals surface area contributed by atoms with E-state index < -0.39 is 0 Å². The molecule has 4 heteroatoms. The molecular formula is C14H16FN3. The van der Waals surface area contributed by atoms with E-state index in [1.165, 1.54) is 31.7 Å². The lowest BCUT2D eigenvalue weighted by Crippen LogP contribution is -1.94. The smallest absolute Gasteiger partial charge is 0.181 e. The lowest BCUT2D eigenvalue weighted by atomic mass is 10.1. The summed E-state index contributed by atoms with van der Waals surface area (Å²) < 4.78 is 13.2. The van der Waals surface area contributed by atoms with Crippen LogP contribution in [0.4, 0.5) is 4.39 Å². The van der Waals surface area contributed by atoms with Crippen LogP contribution in [0.25, 0.3) is 11.4 Å². The number of H-pyrrole nitrogens is 1. The van der Waals surface area contributed by atoms with Crippen molar-refractivity contribution in [3.8, 4) is 11.4 Å². The van der Waals surface area contributed by atoms with Gasteiger partial charge in [0.15, 0.2) is 5.82 Å². The lowest BCUT2D eigenvalue weighted by Gasteiger charge is -2.02. The zero-order valence-corrected chi connectivity index (χ0v) is 10.4. The molecule has 1 heterocycles. The van der Waals surface area contributed by atoms with Crippen molar-refractivity contribution < 1.29 is 4.39 Å². The highest BCUT2D eigenvalue weighted by Crippen LogP contribution is 2.32. The van der Waals surface area contributed by atoms with E-state index in [-0.39, 0.29) is 5.82 Å². The minimum Gasteiger partial charge on any atom is -0.262 e. The van der Waals surface area contributed by atoms with Crippen LogP contribution in [0, 0.1) is 12.7 Å². The van der Waals surface area contributed by atoms with E-state index in [1.807, 2.05) is 0 Å². The van der Waals surface area contributed by atoms with Crippen molar-refractivity contribution in [3.63, 3.8) is 0 Å². The van der Waals surface area contributed by atoms with Crippen molar-refractivity contribution in [2.75, 3.05) is 0 Å². The molecule has 1 N–H and O–H groups in total. The maximum atomic E-state index is 13.2. The van der Waals surface area contributed by atoms with Crippen molar-refractivity contribution in [3.05, 3.63) is 35.4 Å². The SMILES string of the molecule is Cc1cc(-c2n[nH]c(C3CCCC3)n2)ccc1F. The van der Waals surface area contributed by atoms with Crippen LogP contribution in [-0.2, 0) is 0 Å². The molecule has 1 aliphatic rings. The fourth-order valence-electron chi connectivity index (χ4n) is 2.57. The molecule has 2 aromatic rings. The van der Waals surface area contributed by atoms with Gasteiger partial charge in [0.2, 0.25) is 0 Å². The van der Waals surface area contributed by atoms with Crippen LogP contribution in [-0.4, -0.2) is 15.2 Å². The van der Waals surface area contributed by atoms with Gasteiger partial charge in [0.1, 0.15) is 11.6 Å². The van der Waals surface area contributed by atoms with Gasteiger partial charge in [-0.1, -0.05) is 12.8 Å². The molecule has 1 aliphatic carbocycles. The van der Waals surface area contributed by atoms with Gasteiger partial charge < -0.3 is 0 Å². The van der Waals surface area contributed by atoms with Crippen molar-refractivity contribution in [2.45, 2.75) is 38.5 Å². The highest BCUT2D eigenvalue weighted by Gasteiger charge is 2.20. The van der Waals surface area contributed by atoms with E-state index in [4.69, 9.17) is 0 Å². The van der Waals surface area contributed by atoms with Crippen molar-refractivity contribution in [2.24, 2.45) is 0 Å². The summed E-state index contributed by atoms with van der Waals surface area (Å²) in [7, 11) is 0. The molecule has 94 valence electrons. The summed E-state index contributed by atoms with van der Waals surface area (Å²) in [5, 5.41) is 7.27. The average molecular weight is 245 g/mol. The van der Waals surface area contributed by atoms with E-state index in [1.54, 1.807) is 19.1 Å². The van der Waals surface area contributed by atoms with E-state index in [0.717, 1.165) is 11.4 Å². The number of aromatic nitrogens is 3. The molecule has 3 nitrogen and oxygen atoms in total. The summed E-state index contributed by atoms with van der Waals surface area (Å²) in [6, 6.07) is 4.98. The lowest BCUT2D eigenvalue weighted by molar-refractivity contribution is 0.618. The molecular weight excluding hydrogens is 229 g/mol. The molecule has 1 saturated carbocycles. The largest absolute Gasteiger partial charge is 0.262 e. The Kier molecular flexibility index (Phi) is 2.86. The molecule has 3 rings (SSSR count). The second-order valence-electron chi connectivity index (χ2n) is 4.99. The predicted octanol–water partition coefficient (Wildman–Crippen LogP) is 3.58. The molecule has 1 fully saturated rings. The van der Waals surface area contributed by atoms with Crippen molar-refractivity contribution in [1.82, 2.24) is 15.2 Å². The molecule has 18 heavy (non-hydrogen) atoms. The Morgan fingerprint density at radius 1 is 1.28 bits per heavy atom. The van der Waals surface area contributed by atoms with Crippen LogP contribution >= 0.6 is 0 Å². The summed E-state index contributed by atoms with van der Waals surface area (Å²) in [5.41, 5.74) is 1.49. The zero-order chi connectivity index (χ0) is 12.5. The molecule has 1 aromatic carbocycles. The van der Waals surface area contributed by atoms with Gasteiger partial charge in [-0.15, -0.1) is 0 Å². The minimum absolute atomic E-state index is 0.190. The fourth-order valence-corrected chi connectivity index (χ4v) is 2.57. The van der Waals surface area contributed by atoms with Gasteiger partial charge in [0.05, 0.1) is 0 Å². The molecule has 0 aliphatic heterocycles. The molecule has 0 radical (unpaired) electrons. The summed E-state index contributed by atoms with van der Waals surface area (Å²) in [6.45, 7) is 1.75.